The highest BCUT2D eigenvalue weighted by Crippen LogP contribution is 2.37. The van der Waals surface area contributed by atoms with Crippen molar-refractivity contribution >= 4 is 11.9 Å². The SMILES string of the molecule is COC(=O)[C@@H]1CNC(=O)CC1c1ccc(F)c(C(F)(F)F)c1. The van der Waals surface area contributed by atoms with E-state index in [1.54, 1.807) is 0 Å². The van der Waals surface area contributed by atoms with Crippen LogP contribution in [0.1, 0.15) is 23.5 Å². The van der Waals surface area contributed by atoms with Crippen molar-refractivity contribution in [3.63, 3.8) is 0 Å². The number of methoxy groups -OCH3 is 1. The second-order valence-corrected chi connectivity index (χ2v) is 4.98. The standard InChI is InChI=1S/C14H13F4NO3/c1-22-13(21)9-6-19-12(20)5-8(9)7-2-3-11(15)10(4-7)14(16,17)18/h2-4,8-9H,5-6H2,1H3,(H,19,20)/t8?,9-/m1/s1. The van der Waals surface area contributed by atoms with E-state index >= 15 is 0 Å². The number of rotatable bonds is 2. The molecule has 1 aliphatic heterocycles. The van der Waals surface area contributed by atoms with Gasteiger partial charge >= 0.3 is 12.1 Å². The molecule has 0 aromatic heterocycles. The number of amides is 1. The third kappa shape index (κ3) is 3.20. The molecule has 4 nitrogen and oxygen atoms in total. The number of hydrogen-bond donors (Lipinski definition) is 1. The molecule has 1 aromatic carbocycles. The first-order valence-electron chi connectivity index (χ1n) is 6.45. The van der Waals surface area contributed by atoms with Crippen LogP contribution in [-0.2, 0) is 20.5 Å². The van der Waals surface area contributed by atoms with Crippen LogP contribution in [0, 0.1) is 11.7 Å². The van der Waals surface area contributed by atoms with Crippen molar-refractivity contribution in [1.82, 2.24) is 5.32 Å². The molecule has 1 saturated heterocycles. The van der Waals surface area contributed by atoms with E-state index in [9.17, 15) is 27.2 Å². The number of benzene rings is 1. The van der Waals surface area contributed by atoms with Gasteiger partial charge in [-0.3, -0.25) is 9.59 Å². The molecule has 0 radical (unpaired) electrons. The van der Waals surface area contributed by atoms with Crippen molar-refractivity contribution in [2.75, 3.05) is 13.7 Å². The summed E-state index contributed by atoms with van der Waals surface area (Å²) < 4.78 is 56.3. The molecule has 1 unspecified atom stereocenters. The Balaban J connectivity index is 2.43. The molecule has 1 amide bonds. The Labute approximate surface area is 123 Å². The van der Waals surface area contributed by atoms with E-state index in [1.807, 2.05) is 0 Å². The average Bonchev–Trinajstić information content (AvgIpc) is 2.45. The lowest BCUT2D eigenvalue weighted by atomic mass is 9.80. The first-order chi connectivity index (χ1) is 10.2. The first kappa shape index (κ1) is 16.3. The van der Waals surface area contributed by atoms with Crippen molar-refractivity contribution in [2.24, 2.45) is 5.92 Å². The van der Waals surface area contributed by atoms with Crippen molar-refractivity contribution in [3.8, 4) is 0 Å². The number of carbonyl (C=O) groups is 2. The molecular weight excluding hydrogens is 306 g/mol. The van der Waals surface area contributed by atoms with E-state index in [0.29, 0.717) is 12.1 Å². The van der Waals surface area contributed by atoms with E-state index in [2.05, 4.69) is 10.1 Å². The quantitative estimate of drug-likeness (QED) is 0.672. The van der Waals surface area contributed by atoms with E-state index in [-0.39, 0.29) is 24.4 Å². The maximum absolute atomic E-state index is 13.3. The van der Waals surface area contributed by atoms with Crippen LogP contribution in [0.4, 0.5) is 17.6 Å². The lowest BCUT2D eigenvalue weighted by molar-refractivity contribution is -0.147. The monoisotopic (exact) mass is 319 g/mol. The highest BCUT2D eigenvalue weighted by atomic mass is 19.4. The summed E-state index contributed by atoms with van der Waals surface area (Å²) in [7, 11) is 1.15. The number of piperidine rings is 1. The first-order valence-corrected chi connectivity index (χ1v) is 6.45. The molecule has 1 heterocycles. The maximum Gasteiger partial charge on any atom is 0.419 e. The topological polar surface area (TPSA) is 55.4 Å². The van der Waals surface area contributed by atoms with Crippen LogP contribution in [0.25, 0.3) is 0 Å². The minimum absolute atomic E-state index is 0.0328. The molecule has 1 aliphatic rings. The number of nitrogens with one attached hydrogen (secondary N) is 1. The summed E-state index contributed by atoms with van der Waals surface area (Å²) in [6, 6.07) is 2.50. The summed E-state index contributed by atoms with van der Waals surface area (Å²) in [6.45, 7) is -0.0328. The van der Waals surface area contributed by atoms with Gasteiger partial charge in [0, 0.05) is 18.9 Å². The Morgan fingerprint density at radius 2 is 2.05 bits per heavy atom. The van der Waals surface area contributed by atoms with Crippen molar-refractivity contribution in [2.45, 2.75) is 18.5 Å². The lowest BCUT2D eigenvalue weighted by Crippen LogP contribution is -2.43. The summed E-state index contributed by atoms with van der Waals surface area (Å²) in [5, 5.41) is 2.47. The van der Waals surface area contributed by atoms with E-state index in [1.165, 1.54) is 0 Å². The molecule has 0 bridgehead atoms. The minimum Gasteiger partial charge on any atom is -0.469 e. The fourth-order valence-corrected chi connectivity index (χ4v) is 2.52. The average molecular weight is 319 g/mol. The number of halogens is 4. The van der Waals surface area contributed by atoms with Gasteiger partial charge < -0.3 is 10.1 Å². The highest BCUT2D eigenvalue weighted by molar-refractivity contribution is 5.83. The zero-order valence-electron chi connectivity index (χ0n) is 11.5. The van der Waals surface area contributed by atoms with Gasteiger partial charge in [-0.05, 0) is 17.7 Å². The summed E-state index contributed by atoms with van der Waals surface area (Å²) >= 11 is 0. The molecule has 2 atom stereocenters. The third-order valence-electron chi connectivity index (χ3n) is 3.64. The molecule has 120 valence electrons. The second kappa shape index (κ2) is 5.94. The molecule has 0 aliphatic carbocycles. The predicted molar refractivity (Wildman–Crippen MR) is 67.3 cm³/mol. The number of hydrogen-bond acceptors (Lipinski definition) is 3. The highest BCUT2D eigenvalue weighted by Gasteiger charge is 2.39. The summed E-state index contributed by atoms with van der Waals surface area (Å²) in [5.41, 5.74) is -1.33. The Bertz CT molecular complexity index is 600. The van der Waals surface area contributed by atoms with Gasteiger partial charge in [0.1, 0.15) is 5.82 Å². The van der Waals surface area contributed by atoms with E-state index in [4.69, 9.17) is 0 Å². The van der Waals surface area contributed by atoms with Crippen molar-refractivity contribution in [1.29, 1.82) is 0 Å². The van der Waals surface area contributed by atoms with Gasteiger partial charge in [0.15, 0.2) is 0 Å². The zero-order valence-corrected chi connectivity index (χ0v) is 11.5. The predicted octanol–water partition coefficient (Wildman–Crippen LogP) is 2.24. The van der Waals surface area contributed by atoms with Crippen molar-refractivity contribution in [3.05, 3.63) is 35.1 Å². The lowest BCUT2D eigenvalue weighted by Gasteiger charge is -2.30. The minimum atomic E-state index is -4.85. The molecule has 0 spiro atoms. The zero-order chi connectivity index (χ0) is 16.5. The molecule has 1 N–H and O–H groups in total. The number of alkyl halides is 3. The Hall–Kier alpha value is -2.12. The van der Waals surface area contributed by atoms with Crippen LogP contribution in [0.5, 0.6) is 0 Å². The van der Waals surface area contributed by atoms with Gasteiger partial charge in [-0.1, -0.05) is 6.07 Å². The number of esters is 1. The van der Waals surface area contributed by atoms with E-state index in [0.717, 1.165) is 13.2 Å². The second-order valence-electron chi connectivity index (χ2n) is 4.98. The number of carbonyl (C=O) groups excluding carboxylic acids is 2. The normalized spacial score (nSPS) is 22.1. The van der Waals surface area contributed by atoms with Gasteiger partial charge in [-0.2, -0.15) is 13.2 Å². The molecular formula is C14H13F4NO3. The van der Waals surface area contributed by atoms with Gasteiger partial charge in [0.05, 0.1) is 18.6 Å². The van der Waals surface area contributed by atoms with Gasteiger partial charge in [-0.25, -0.2) is 4.39 Å². The molecule has 22 heavy (non-hydrogen) atoms. The smallest absolute Gasteiger partial charge is 0.419 e. The molecule has 1 aromatic rings. The fourth-order valence-electron chi connectivity index (χ4n) is 2.52. The van der Waals surface area contributed by atoms with Crippen molar-refractivity contribution < 1.29 is 31.9 Å². The van der Waals surface area contributed by atoms with Gasteiger partial charge in [0.2, 0.25) is 5.91 Å². The van der Waals surface area contributed by atoms with Gasteiger partial charge in [-0.15, -0.1) is 0 Å². The van der Waals surface area contributed by atoms with Crippen LogP contribution in [0.2, 0.25) is 0 Å². The molecule has 1 fully saturated rings. The van der Waals surface area contributed by atoms with Gasteiger partial charge in [0.25, 0.3) is 0 Å². The third-order valence-corrected chi connectivity index (χ3v) is 3.64. The largest absolute Gasteiger partial charge is 0.469 e. The summed E-state index contributed by atoms with van der Waals surface area (Å²) in [6.07, 6.45) is -5.01. The fraction of sp³-hybridized carbons (Fsp3) is 0.429. The van der Waals surface area contributed by atoms with Crippen LogP contribution >= 0.6 is 0 Å². The van der Waals surface area contributed by atoms with Crippen LogP contribution in [0.15, 0.2) is 18.2 Å². The number of ether oxygens (including phenoxy) is 1. The van der Waals surface area contributed by atoms with Crippen LogP contribution in [-0.4, -0.2) is 25.5 Å². The maximum atomic E-state index is 13.3. The van der Waals surface area contributed by atoms with E-state index < -0.39 is 35.4 Å². The Morgan fingerprint density at radius 1 is 1.36 bits per heavy atom. The molecule has 8 heteroatoms. The van der Waals surface area contributed by atoms with Crippen LogP contribution < -0.4 is 5.32 Å². The summed E-state index contributed by atoms with van der Waals surface area (Å²) in [4.78, 5) is 23.2. The Morgan fingerprint density at radius 3 is 2.64 bits per heavy atom. The summed E-state index contributed by atoms with van der Waals surface area (Å²) in [5.74, 6) is -4.02. The van der Waals surface area contributed by atoms with Crippen LogP contribution in [0.3, 0.4) is 0 Å². The molecule has 0 saturated carbocycles. The Kier molecular flexibility index (Phi) is 4.39. The molecule has 2 rings (SSSR count).